The van der Waals surface area contributed by atoms with E-state index >= 15 is 0 Å². The molecule has 17 heavy (non-hydrogen) atoms. The lowest BCUT2D eigenvalue weighted by atomic mass is 9.93. The Balaban J connectivity index is 2.30. The summed E-state index contributed by atoms with van der Waals surface area (Å²) in [6, 6.07) is 7.97. The lowest BCUT2D eigenvalue weighted by molar-refractivity contribution is 0.544. The number of benzene rings is 1. The number of rotatable bonds is 2. The Kier molecular flexibility index (Phi) is 3.03. The first-order valence-electron chi connectivity index (χ1n) is 5.76. The number of oxazole rings is 1. The highest BCUT2D eigenvalue weighted by Gasteiger charge is 2.19. The molecule has 0 aliphatic heterocycles. The standard InChI is InChI=1S/C14H18N2O/c1-14(2,3)12-9-17-13(16-12)11-6-4-10(8-15)5-7-11/h4-7,9H,8,15H2,1-3H3. The highest BCUT2D eigenvalue weighted by atomic mass is 16.3. The van der Waals surface area contributed by atoms with E-state index in [0.717, 1.165) is 16.8 Å². The van der Waals surface area contributed by atoms with Crippen LogP contribution in [-0.4, -0.2) is 4.98 Å². The van der Waals surface area contributed by atoms with Gasteiger partial charge in [0.2, 0.25) is 5.89 Å². The zero-order chi connectivity index (χ0) is 12.5. The molecular formula is C14H18N2O. The molecule has 1 heterocycles. The molecule has 0 saturated heterocycles. The van der Waals surface area contributed by atoms with Gasteiger partial charge >= 0.3 is 0 Å². The van der Waals surface area contributed by atoms with Gasteiger partial charge in [0, 0.05) is 17.5 Å². The molecule has 0 fully saturated rings. The fourth-order valence-electron chi connectivity index (χ4n) is 1.53. The lowest BCUT2D eigenvalue weighted by Crippen LogP contribution is -2.11. The third-order valence-corrected chi connectivity index (χ3v) is 2.71. The van der Waals surface area contributed by atoms with E-state index in [0.29, 0.717) is 12.4 Å². The molecule has 0 bridgehead atoms. The summed E-state index contributed by atoms with van der Waals surface area (Å²) >= 11 is 0. The van der Waals surface area contributed by atoms with Crippen molar-refractivity contribution in [2.75, 3.05) is 0 Å². The maximum Gasteiger partial charge on any atom is 0.226 e. The molecule has 1 aromatic carbocycles. The van der Waals surface area contributed by atoms with Gasteiger partial charge in [0.15, 0.2) is 0 Å². The Hall–Kier alpha value is -1.61. The van der Waals surface area contributed by atoms with Crippen molar-refractivity contribution in [1.82, 2.24) is 4.98 Å². The van der Waals surface area contributed by atoms with Crippen LogP contribution < -0.4 is 5.73 Å². The maximum absolute atomic E-state index is 5.56. The molecule has 0 spiro atoms. The highest BCUT2D eigenvalue weighted by molar-refractivity contribution is 5.53. The number of nitrogens with zero attached hydrogens (tertiary/aromatic N) is 1. The molecule has 0 saturated carbocycles. The molecule has 2 N–H and O–H groups in total. The van der Waals surface area contributed by atoms with E-state index in [-0.39, 0.29) is 5.41 Å². The minimum atomic E-state index is 0.0128. The van der Waals surface area contributed by atoms with Gasteiger partial charge in [0.1, 0.15) is 6.26 Å². The normalized spacial score (nSPS) is 11.8. The van der Waals surface area contributed by atoms with E-state index in [9.17, 15) is 0 Å². The number of aromatic nitrogens is 1. The van der Waals surface area contributed by atoms with Gasteiger partial charge in [-0.05, 0) is 17.7 Å². The van der Waals surface area contributed by atoms with Crippen molar-refractivity contribution >= 4 is 0 Å². The van der Waals surface area contributed by atoms with E-state index < -0.39 is 0 Å². The largest absolute Gasteiger partial charge is 0.444 e. The van der Waals surface area contributed by atoms with Crippen molar-refractivity contribution in [2.24, 2.45) is 5.73 Å². The van der Waals surface area contributed by atoms with Crippen molar-refractivity contribution < 1.29 is 4.42 Å². The molecular weight excluding hydrogens is 212 g/mol. The summed E-state index contributed by atoms with van der Waals surface area (Å²) < 4.78 is 5.51. The molecule has 0 radical (unpaired) electrons. The molecule has 90 valence electrons. The van der Waals surface area contributed by atoms with E-state index in [4.69, 9.17) is 10.2 Å². The second-order valence-electron chi connectivity index (χ2n) is 5.19. The second kappa shape index (κ2) is 4.34. The average Bonchev–Trinajstić information content (AvgIpc) is 2.78. The van der Waals surface area contributed by atoms with Crippen LogP contribution in [0, 0.1) is 0 Å². The molecule has 2 aromatic rings. The van der Waals surface area contributed by atoms with Gasteiger partial charge < -0.3 is 10.2 Å². The van der Waals surface area contributed by atoms with Gasteiger partial charge in [0.05, 0.1) is 5.69 Å². The van der Waals surface area contributed by atoms with Crippen LogP contribution in [0.1, 0.15) is 32.0 Å². The fraction of sp³-hybridized carbons (Fsp3) is 0.357. The van der Waals surface area contributed by atoms with Crippen LogP contribution in [0.5, 0.6) is 0 Å². The Bertz CT molecular complexity index is 492. The molecule has 3 heteroatoms. The zero-order valence-electron chi connectivity index (χ0n) is 10.5. The number of hydrogen-bond acceptors (Lipinski definition) is 3. The molecule has 0 aliphatic carbocycles. The van der Waals surface area contributed by atoms with Crippen molar-refractivity contribution in [3.8, 4) is 11.5 Å². The van der Waals surface area contributed by atoms with Crippen LogP contribution in [-0.2, 0) is 12.0 Å². The first-order chi connectivity index (χ1) is 8.00. The Labute approximate surface area is 102 Å². The quantitative estimate of drug-likeness (QED) is 0.862. The predicted octanol–water partition coefficient (Wildman–Crippen LogP) is 3.10. The van der Waals surface area contributed by atoms with Gasteiger partial charge in [-0.1, -0.05) is 32.9 Å². The summed E-state index contributed by atoms with van der Waals surface area (Å²) in [6.07, 6.45) is 1.73. The van der Waals surface area contributed by atoms with E-state index in [2.05, 4.69) is 25.8 Å². The number of nitrogens with two attached hydrogens (primary N) is 1. The van der Waals surface area contributed by atoms with E-state index in [1.165, 1.54) is 0 Å². The smallest absolute Gasteiger partial charge is 0.226 e. The topological polar surface area (TPSA) is 52.0 Å². The van der Waals surface area contributed by atoms with Crippen molar-refractivity contribution in [3.05, 3.63) is 41.8 Å². The predicted molar refractivity (Wildman–Crippen MR) is 68.5 cm³/mol. The summed E-state index contributed by atoms with van der Waals surface area (Å²) in [5.74, 6) is 0.665. The van der Waals surface area contributed by atoms with Gasteiger partial charge in [-0.3, -0.25) is 0 Å². The van der Waals surface area contributed by atoms with Crippen LogP contribution >= 0.6 is 0 Å². The molecule has 2 rings (SSSR count). The molecule has 0 atom stereocenters. The zero-order valence-corrected chi connectivity index (χ0v) is 10.5. The van der Waals surface area contributed by atoms with Gasteiger partial charge in [-0.25, -0.2) is 4.98 Å². The Morgan fingerprint density at radius 2 is 1.82 bits per heavy atom. The van der Waals surface area contributed by atoms with Crippen molar-refractivity contribution in [3.63, 3.8) is 0 Å². The molecule has 3 nitrogen and oxygen atoms in total. The minimum absolute atomic E-state index is 0.0128. The van der Waals surface area contributed by atoms with Gasteiger partial charge in [-0.2, -0.15) is 0 Å². The first-order valence-corrected chi connectivity index (χ1v) is 5.76. The second-order valence-corrected chi connectivity index (χ2v) is 5.19. The Morgan fingerprint density at radius 3 is 2.29 bits per heavy atom. The monoisotopic (exact) mass is 230 g/mol. The highest BCUT2D eigenvalue weighted by Crippen LogP contribution is 2.25. The van der Waals surface area contributed by atoms with Crippen LogP contribution in [0.2, 0.25) is 0 Å². The molecule has 1 aromatic heterocycles. The van der Waals surface area contributed by atoms with E-state index in [1.54, 1.807) is 6.26 Å². The van der Waals surface area contributed by atoms with E-state index in [1.807, 2.05) is 24.3 Å². The number of hydrogen-bond donors (Lipinski definition) is 1. The van der Waals surface area contributed by atoms with Crippen molar-refractivity contribution in [2.45, 2.75) is 32.7 Å². The maximum atomic E-state index is 5.56. The summed E-state index contributed by atoms with van der Waals surface area (Å²) in [4.78, 5) is 4.51. The summed E-state index contributed by atoms with van der Waals surface area (Å²) in [5.41, 5.74) is 8.63. The summed E-state index contributed by atoms with van der Waals surface area (Å²) in [7, 11) is 0. The SMILES string of the molecule is CC(C)(C)c1coc(-c2ccc(CN)cc2)n1. The minimum Gasteiger partial charge on any atom is -0.444 e. The first kappa shape index (κ1) is 11.9. The van der Waals surface area contributed by atoms with Crippen LogP contribution in [0.15, 0.2) is 34.9 Å². The van der Waals surface area contributed by atoms with Gasteiger partial charge in [0.25, 0.3) is 0 Å². The molecule has 0 unspecified atom stereocenters. The summed E-state index contributed by atoms with van der Waals surface area (Å²) in [6.45, 7) is 6.91. The lowest BCUT2D eigenvalue weighted by Gasteiger charge is -2.12. The molecule has 0 aliphatic rings. The Morgan fingerprint density at radius 1 is 1.18 bits per heavy atom. The van der Waals surface area contributed by atoms with Crippen molar-refractivity contribution in [1.29, 1.82) is 0 Å². The molecule has 0 amide bonds. The fourth-order valence-corrected chi connectivity index (χ4v) is 1.53. The third-order valence-electron chi connectivity index (χ3n) is 2.71. The third kappa shape index (κ3) is 2.56. The van der Waals surface area contributed by atoms with Crippen LogP contribution in [0.4, 0.5) is 0 Å². The van der Waals surface area contributed by atoms with Crippen LogP contribution in [0.3, 0.4) is 0 Å². The van der Waals surface area contributed by atoms with Gasteiger partial charge in [-0.15, -0.1) is 0 Å². The summed E-state index contributed by atoms with van der Waals surface area (Å²) in [5, 5.41) is 0. The van der Waals surface area contributed by atoms with Crippen LogP contribution in [0.25, 0.3) is 11.5 Å². The average molecular weight is 230 g/mol.